The number of thiophene rings is 1. The number of fused-ring (bicyclic) bond motifs is 2. The summed E-state index contributed by atoms with van der Waals surface area (Å²) in [5.74, 6) is -0.386. The van der Waals surface area contributed by atoms with Crippen molar-refractivity contribution in [2.45, 2.75) is 6.42 Å². The summed E-state index contributed by atoms with van der Waals surface area (Å²) >= 11 is 1.12. The summed E-state index contributed by atoms with van der Waals surface area (Å²) in [5, 5.41) is 3.00. The monoisotopic (exact) mass is 401 g/mol. The second kappa shape index (κ2) is 7.85. The van der Waals surface area contributed by atoms with Crippen LogP contribution in [-0.4, -0.2) is 31.7 Å². The smallest absolute Gasteiger partial charge is 0.348 e. The second-order valence-electron chi connectivity index (χ2n) is 6.10. The van der Waals surface area contributed by atoms with E-state index in [-0.39, 0.29) is 4.88 Å². The molecule has 1 aromatic heterocycles. The van der Waals surface area contributed by atoms with Crippen molar-refractivity contribution < 1.29 is 28.2 Å². The number of carbonyl (C=O) groups is 2. The summed E-state index contributed by atoms with van der Waals surface area (Å²) in [7, 11) is 0. The minimum Gasteiger partial charge on any atom is -0.490 e. The Morgan fingerprint density at radius 1 is 1.11 bits per heavy atom. The van der Waals surface area contributed by atoms with Crippen LogP contribution in [0.15, 0.2) is 42.5 Å². The molecule has 6 nitrogen and oxygen atoms in total. The Balaban J connectivity index is 1.36. The number of anilines is 1. The standard InChI is InChI=1S/C20H16FNO5S/c21-14-3-1-4-17-13(14)10-18(28-17)20(24)27-11-19(23)22-12-5-6-15-16(9-12)26-8-2-7-25-15/h1,3-6,9-10H,2,7-8,11H2,(H,22,23). The van der Waals surface area contributed by atoms with Gasteiger partial charge in [0.1, 0.15) is 10.7 Å². The largest absolute Gasteiger partial charge is 0.490 e. The maximum Gasteiger partial charge on any atom is 0.348 e. The molecule has 28 heavy (non-hydrogen) atoms. The van der Waals surface area contributed by atoms with E-state index in [1.807, 2.05) is 0 Å². The highest BCUT2D eigenvalue weighted by molar-refractivity contribution is 7.20. The number of benzene rings is 2. The molecule has 144 valence electrons. The summed E-state index contributed by atoms with van der Waals surface area (Å²) in [6, 6.07) is 11.1. The van der Waals surface area contributed by atoms with Crippen LogP contribution in [0.1, 0.15) is 16.1 Å². The van der Waals surface area contributed by atoms with Gasteiger partial charge in [-0.15, -0.1) is 11.3 Å². The topological polar surface area (TPSA) is 73.9 Å². The maximum absolute atomic E-state index is 13.7. The Bertz CT molecular complexity index is 1050. The zero-order valence-corrected chi connectivity index (χ0v) is 15.5. The van der Waals surface area contributed by atoms with Gasteiger partial charge in [0, 0.05) is 28.3 Å². The van der Waals surface area contributed by atoms with Crippen LogP contribution >= 0.6 is 11.3 Å². The number of halogens is 1. The van der Waals surface area contributed by atoms with Crippen LogP contribution in [0.3, 0.4) is 0 Å². The van der Waals surface area contributed by atoms with Crippen molar-refractivity contribution in [3.63, 3.8) is 0 Å². The van der Waals surface area contributed by atoms with Crippen LogP contribution in [-0.2, 0) is 9.53 Å². The molecule has 3 aromatic rings. The fraction of sp³-hybridized carbons (Fsp3) is 0.200. The third-order valence-corrected chi connectivity index (χ3v) is 5.16. The van der Waals surface area contributed by atoms with Gasteiger partial charge in [0.2, 0.25) is 0 Å². The van der Waals surface area contributed by atoms with Gasteiger partial charge in [0.05, 0.1) is 13.2 Å². The van der Waals surface area contributed by atoms with Gasteiger partial charge in [-0.25, -0.2) is 9.18 Å². The molecular weight excluding hydrogens is 385 g/mol. The molecule has 0 aliphatic carbocycles. The molecular formula is C20H16FNO5S. The number of hydrogen-bond acceptors (Lipinski definition) is 6. The highest BCUT2D eigenvalue weighted by atomic mass is 32.1. The number of amides is 1. The van der Waals surface area contributed by atoms with Crippen molar-refractivity contribution in [2.24, 2.45) is 0 Å². The van der Waals surface area contributed by atoms with Crippen molar-refractivity contribution in [2.75, 3.05) is 25.1 Å². The lowest BCUT2D eigenvalue weighted by atomic mass is 10.2. The first-order valence-electron chi connectivity index (χ1n) is 8.65. The molecule has 1 aliphatic heterocycles. The van der Waals surface area contributed by atoms with E-state index < -0.39 is 24.3 Å². The van der Waals surface area contributed by atoms with Gasteiger partial charge in [-0.2, -0.15) is 0 Å². The molecule has 4 rings (SSSR count). The van der Waals surface area contributed by atoms with Crippen LogP contribution in [0, 0.1) is 5.82 Å². The zero-order chi connectivity index (χ0) is 19.5. The van der Waals surface area contributed by atoms with E-state index in [1.54, 1.807) is 30.3 Å². The number of carbonyl (C=O) groups excluding carboxylic acids is 2. The van der Waals surface area contributed by atoms with Gasteiger partial charge in [0.15, 0.2) is 18.1 Å². The first-order chi connectivity index (χ1) is 13.6. The fourth-order valence-electron chi connectivity index (χ4n) is 2.77. The van der Waals surface area contributed by atoms with E-state index >= 15 is 0 Å². The Hall–Kier alpha value is -3.13. The first kappa shape index (κ1) is 18.2. The number of hydrogen-bond donors (Lipinski definition) is 1. The lowest BCUT2D eigenvalue weighted by Gasteiger charge is -2.10. The summed E-state index contributed by atoms with van der Waals surface area (Å²) < 4.78 is 30.5. The first-order valence-corrected chi connectivity index (χ1v) is 9.46. The summed E-state index contributed by atoms with van der Waals surface area (Å²) in [4.78, 5) is 24.5. The van der Waals surface area contributed by atoms with Gasteiger partial charge < -0.3 is 19.5 Å². The molecule has 0 fully saturated rings. The van der Waals surface area contributed by atoms with E-state index in [9.17, 15) is 14.0 Å². The summed E-state index contributed by atoms with van der Waals surface area (Å²) in [6.07, 6.45) is 0.786. The summed E-state index contributed by atoms with van der Waals surface area (Å²) in [5.41, 5.74) is 0.509. The minimum atomic E-state index is -0.672. The van der Waals surface area contributed by atoms with Crippen molar-refractivity contribution in [3.8, 4) is 11.5 Å². The Morgan fingerprint density at radius 3 is 2.75 bits per heavy atom. The Labute approximate surface area is 163 Å². The molecule has 0 radical (unpaired) electrons. The highest BCUT2D eigenvalue weighted by Crippen LogP contribution is 2.32. The van der Waals surface area contributed by atoms with Crippen LogP contribution in [0.2, 0.25) is 0 Å². The minimum absolute atomic E-state index is 0.239. The molecule has 0 saturated carbocycles. The third kappa shape index (κ3) is 3.91. The van der Waals surface area contributed by atoms with Crippen LogP contribution in [0.25, 0.3) is 10.1 Å². The molecule has 0 saturated heterocycles. The molecule has 8 heteroatoms. The Morgan fingerprint density at radius 2 is 1.93 bits per heavy atom. The average Bonchev–Trinajstić information content (AvgIpc) is 3.00. The lowest BCUT2D eigenvalue weighted by molar-refractivity contribution is -0.119. The number of nitrogens with one attached hydrogen (secondary N) is 1. The second-order valence-corrected chi connectivity index (χ2v) is 7.18. The van der Waals surface area contributed by atoms with E-state index in [2.05, 4.69) is 5.32 Å². The highest BCUT2D eigenvalue weighted by Gasteiger charge is 2.16. The molecule has 0 bridgehead atoms. The number of rotatable bonds is 4. The quantitative estimate of drug-likeness (QED) is 0.669. The van der Waals surface area contributed by atoms with Gasteiger partial charge in [0.25, 0.3) is 5.91 Å². The number of esters is 1. The van der Waals surface area contributed by atoms with Crippen LogP contribution in [0.4, 0.5) is 10.1 Å². The molecule has 0 atom stereocenters. The van der Waals surface area contributed by atoms with E-state index in [0.29, 0.717) is 40.5 Å². The van der Waals surface area contributed by atoms with Crippen molar-refractivity contribution >= 4 is 39.0 Å². The van der Waals surface area contributed by atoms with Gasteiger partial charge in [-0.3, -0.25) is 4.79 Å². The molecule has 1 amide bonds. The Kier molecular flexibility index (Phi) is 5.12. The molecule has 0 unspecified atom stereocenters. The van der Waals surface area contributed by atoms with Crippen LogP contribution in [0.5, 0.6) is 11.5 Å². The molecule has 1 aliphatic rings. The predicted octanol–water partition coefficient (Wildman–Crippen LogP) is 4.00. The molecule has 2 heterocycles. The number of ether oxygens (including phenoxy) is 3. The lowest BCUT2D eigenvalue weighted by Crippen LogP contribution is -2.20. The zero-order valence-electron chi connectivity index (χ0n) is 14.7. The third-order valence-electron chi connectivity index (χ3n) is 4.08. The molecule has 0 spiro atoms. The van der Waals surface area contributed by atoms with Gasteiger partial charge >= 0.3 is 5.97 Å². The molecule has 2 aromatic carbocycles. The van der Waals surface area contributed by atoms with Crippen LogP contribution < -0.4 is 14.8 Å². The van der Waals surface area contributed by atoms with Gasteiger partial charge in [-0.05, 0) is 30.3 Å². The average molecular weight is 401 g/mol. The maximum atomic E-state index is 13.7. The van der Waals surface area contributed by atoms with Gasteiger partial charge in [-0.1, -0.05) is 6.07 Å². The normalized spacial score (nSPS) is 13.0. The van der Waals surface area contributed by atoms with E-state index in [1.165, 1.54) is 12.1 Å². The molecule has 1 N–H and O–H groups in total. The van der Waals surface area contributed by atoms with E-state index in [0.717, 1.165) is 17.8 Å². The van der Waals surface area contributed by atoms with E-state index in [4.69, 9.17) is 14.2 Å². The van der Waals surface area contributed by atoms with Crippen molar-refractivity contribution in [1.82, 2.24) is 0 Å². The summed E-state index contributed by atoms with van der Waals surface area (Å²) in [6.45, 7) is 0.665. The SMILES string of the molecule is O=C(COC(=O)c1cc2c(F)cccc2s1)Nc1ccc2c(c1)OCCCO2. The van der Waals surface area contributed by atoms with Crippen molar-refractivity contribution in [3.05, 3.63) is 53.2 Å². The fourth-order valence-corrected chi connectivity index (χ4v) is 3.74. The predicted molar refractivity (Wildman–Crippen MR) is 103 cm³/mol. The van der Waals surface area contributed by atoms with Crippen molar-refractivity contribution in [1.29, 1.82) is 0 Å².